The second-order valence-corrected chi connectivity index (χ2v) is 15.5. The molecule has 0 amide bonds. The predicted molar refractivity (Wildman–Crippen MR) is 260 cm³/mol. The third-order valence-electron chi connectivity index (χ3n) is 9.72. The minimum atomic E-state index is -0.810. The summed E-state index contributed by atoms with van der Waals surface area (Å²) in [5.41, 5.74) is 0. The van der Waals surface area contributed by atoms with E-state index in [0.29, 0.717) is 12.8 Å². The van der Waals surface area contributed by atoms with E-state index in [2.05, 4.69) is 57.2 Å². The van der Waals surface area contributed by atoms with Gasteiger partial charge in [0.1, 0.15) is 13.2 Å². The summed E-state index contributed by atoms with van der Waals surface area (Å²) in [5, 5.41) is 0. The van der Waals surface area contributed by atoms with Crippen LogP contribution in [0.25, 0.3) is 0 Å². The number of carbonyl (C=O) groups excluding carboxylic acids is 3. The molecular weight excluding hydrogens is 757 g/mol. The standard InChI is InChI=1S/C55H86O6/c1-4-7-10-13-16-19-22-24-26-27-29-30-33-36-39-42-45-48-54(57)60-51-52(50-59-53(56)47-44-41-38-35-32-21-18-15-12-9-6-3)61-55(58)49-46-43-40-37-34-31-28-25-23-20-17-14-11-8-5-2/h7-8,10-11,13-14,16-17,19-20,22-30,33,52H,4-6,9,12,15,18,21,31-32,34-51H2,1-3H3/b10-7-,11-8-,16-13-,17-14-,22-19-,23-20-,26-24-,28-25-,29-27+,33-30-. The predicted octanol–water partition coefficient (Wildman–Crippen LogP) is 15.7. The fraction of sp³-hybridized carbons (Fsp3) is 0.582. The maximum Gasteiger partial charge on any atom is 0.306 e. The third kappa shape index (κ3) is 46.7. The highest BCUT2D eigenvalue weighted by atomic mass is 16.6. The van der Waals surface area contributed by atoms with E-state index in [1.807, 2.05) is 85.1 Å². The van der Waals surface area contributed by atoms with Crippen LogP contribution in [-0.4, -0.2) is 37.2 Å². The maximum atomic E-state index is 12.8. The molecule has 0 aliphatic carbocycles. The molecule has 0 saturated carbocycles. The molecule has 0 heterocycles. The fourth-order valence-corrected chi connectivity index (χ4v) is 6.13. The Morgan fingerprint density at radius 3 is 1.02 bits per heavy atom. The van der Waals surface area contributed by atoms with E-state index in [-0.39, 0.29) is 37.5 Å². The second-order valence-electron chi connectivity index (χ2n) is 15.5. The summed E-state index contributed by atoms with van der Waals surface area (Å²) < 4.78 is 16.7. The average molecular weight is 843 g/mol. The highest BCUT2D eigenvalue weighted by Crippen LogP contribution is 2.14. The van der Waals surface area contributed by atoms with Crippen LogP contribution < -0.4 is 0 Å². The van der Waals surface area contributed by atoms with Crippen molar-refractivity contribution in [2.75, 3.05) is 13.2 Å². The number of unbranched alkanes of at least 4 members (excludes halogenated alkanes) is 18. The lowest BCUT2D eigenvalue weighted by Gasteiger charge is -2.18. The normalized spacial score (nSPS) is 13.2. The summed E-state index contributed by atoms with van der Waals surface area (Å²) in [5.74, 6) is -0.984. The first-order chi connectivity index (χ1) is 30.0. The molecule has 342 valence electrons. The van der Waals surface area contributed by atoms with Crippen LogP contribution in [0.3, 0.4) is 0 Å². The average Bonchev–Trinajstić information content (AvgIpc) is 3.26. The number of hydrogen-bond acceptors (Lipinski definition) is 6. The zero-order valence-corrected chi connectivity index (χ0v) is 38.9. The maximum absolute atomic E-state index is 12.8. The van der Waals surface area contributed by atoms with Gasteiger partial charge in [-0.2, -0.15) is 0 Å². The van der Waals surface area contributed by atoms with Gasteiger partial charge in [-0.15, -0.1) is 0 Å². The molecule has 0 fully saturated rings. The Balaban J connectivity index is 4.54. The molecule has 0 spiro atoms. The largest absolute Gasteiger partial charge is 0.462 e. The molecule has 0 aromatic rings. The van der Waals surface area contributed by atoms with Crippen LogP contribution >= 0.6 is 0 Å². The van der Waals surface area contributed by atoms with Crippen molar-refractivity contribution in [3.05, 3.63) is 122 Å². The molecule has 0 bridgehead atoms. The molecule has 0 aromatic heterocycles. The van der Waals surface area contributed by atoms with Crippen molar-refractivity contribution < 1.29 is 28.6 Å². The van der Waals surface area contributed by atoms with Crippen molar-refractivity contribution in [1.29, 1.82) is 0 Å². The van der Waals surface area contributed by atoms with Crippen LogP contribution in [0.2, 0.25) is 0 Å². The van der Waals surface area contributed by atoms with Gasteiger partial charge in [0.05, 0.1) is 0 Å². The monoisotopic (exact) mass is 843 g/mol. The molecule has 1 unspecified atom stereocenters. The third-order valence-corrected chi connectivity index (χ3v) is 9.72. The lowest BCUT2D eigenvalue weighted by molar-refractivity contribution is -0.167. The summed E-state index contributed by atoms with van der Waals surface area (Å²) in [6.45, 7) is 6.26. The first kappa shape index (κ1) is 56.8. The molecule has 0 rings (SSSR count). The minimum absolute atomic E-state index is 0.105. The van der Waals surface area contributed by atoms with Crippen molar-refractivity contribution >= 4 is 17.9 Å². The zero-order valence-electron chi connectivity index (χ0n) is 38.9. The molecule has 0 aliphatic rings. The van der Waals surface area contributed by atoms with Gasteiger partial charge < -0.3 is 14.2 Å². The molecule has 0 N–H and O–H groups in total. The van der Waals surface area contributed by atoms with E-state index in [9.17, 15) is 14.4 Å². The van der Waals surface area contributed by atoms with E-state index in [1.54, 1.807) is 0 Å². The van der Waals surface area contributed by atoms with Gasteiger partial charge >= 0.3 is 17.9 Å². The van der Waals surface area contributed by atoms with Crippen molar-refractivity contribution in [3.63, 3.8) is 0 Å². The van der Waals surface area contributed by atoms with Crippen LogP contribution in [0.5, 0.6) is 0 Å². The van der Waals surface area contributed by atoms with Gasteiger partial charge in [-0.05, 0) is 57.8 Å². The summed E-state index contributed by atoms with van der Waals surface area (Å²) >= 11 is 0. The van der Waals surface area contributed by atoms with Crippen LogP contribution in [0.15, 0.2) is 122 Å². The highest BCUT2D eigenvalue weighted by molar-refractivity contribution is 5.71. The summed E-state index contributed by atoms with van der Waals surface area (Å²) in [7, 11) is 0. The quantitative estimate of drug-likeness (QED) is 0.0264. The van der Waals surface area contributed by atoms with E-state index in [4.69, 9.17) is 14.2 Å². The number of allylic oxidation sites excluding steroid dienone is 20. The topological polar surface area (TPSA) is 78.9 Å². The van der Waals surface area contributed by atoms with Gasteiger partial charge in [0.2, 0.25) is 0 Å². The first-order valence-electron chi connectivity index (χ1n) is 24.2. The Morgan fingerprint density at radius 2 is 0.639 bits per heavy atom. The molecule has 61 heavy (non-hydrogen) atoms. The van der Waals surface area contributed by atoms with Gasteiger partial charge in [0, 0.05) is 19.3 Å². The molecule has 0 aliphatic heterocycles. The molecular formula is C55H86O6. The zero-order chi connectivity index (χ0) is 44.4. The first-order valence-corrected chi connectivity index (χ1v) is 24.2. The van der Waals surface area contributed by atoms with Gasteiger partial charge in [-0.25, -0.2) is 0 Å². The lowest BCUT2D eigenvalue weighted by Crippen LogP contribution is -2.30. The molecule has 0 radical (unpaired) electrons. The Bertz CT molecular complexity index is 1340. The van der Waals surface area contributed by atoms with E-state index < -0.39 is 6.10 Å². The number of hydrogen-bond donors (Lipinski definition) is 0. The Morgan fingerprint density at radius 1 is 0.344 bits per heavy atom. The minimum Gasteiger partial charge on any atom is -0.462 e. The van der Waals surface area contributed by atoms with E-state index in [0.717, 1.165) is 96.3 Å². The van der Waals surface area contributed by atoms with Gasteiger partial charge in [0.25, 0.3) is 0 Å². The smallest absolute Gasteiger partial charge is 0.306 e. The van der Waals surface area contributed by atoms with Gasteiger partial charge in [-0.3, -0.25) is 14.4 Å². The van der Waals surface area contributed by atoms with Crippen molar-refractivity contribution in [2.45, 2.75) is 194 Å². The van der Waals surface area contributed by atoms with E-state index in [1.165, 1.54) is 51.4 Å². The van der Waals surface area contributed by atoms with Gasteiger partial charge in [-0.1, -0.05) is 232 Å². The van der Waals surface area contributed by atoms with Crippen molar-refractivity contribution in [1.82, 2.24) is 0 Å². The van der Waals surface area contributed by atoms with Gasteiger partial charge in [0.15, 0.2) is 6.10 Å². The Kier molecular flexibility index (Phi) is 45.1. The fourth-order valence-electron chi connectivity index (χ4n) is 6.13. The van der Waals surface area contributed by atoms with Crippen LogP contribution in [0, 0.1) is 0 Å². The SMILES string of the molecule is CC\C=C/C=C\C=C/C=C\C=C\C=C/CCCCCC(=O)OCC(COC(=O)CCCCCCCCCCCCC)OC(=O)CCCCCCC\C=C/C=C\C=C/C=C\CC. The molecule has 6 nitrogen and oxygen atoms in total. The van der Waals surface area contributed by atoms with Crippen LogP contribution in [0.4, 0.5) is 0 Å². The van der Waals surface area contributed by atoms with Crippen molar-refractivity contribution in [3.8, 4) is 0 Å². The number of carbonyl (C=O) groups is 3. The Labute approximate surface area is 373 Å². The number of ether oxygens (including phenoxy) is 3. The van der Waals surface area contributed by atoms with Crippen LogP contribution in [-0.2, 0) is 28.6 Å². The highest BCUT2D eigenvalue weighted by Gasteiger charge is 2.19. The summed E-state index contributed by atoms with van der Waals surface area (Å²) in [6, 6.07) is 0. The number of rotatable bonds is 41. The molecule has 6 heteroatoms. The van der Waals surface area contributed by atoms with Crippen molar-refractivity contribution in [2.24, 2.45) is 0 Å². The summed E-state index contributed by atoms with van der Waals surface area (Å²) in [6.07, 6.45) is 66.0. The Hall–Kier alpha value is -4.19. The second kappa shape index (κ2) is 48.5. The molecule has 0 saturated heterocycles. The van der Waals surface area contributed by atoms with Crippen LogP contribution in [0.1, 0.15) is 188 Å². The lowest BCUT2D eigenvalue weighted by atomic mass is 10.1. The summed E-state index contributed by atoms with van der Waals surface area (Å²) in [4.78, 5) is 37.9. The molecule has 1 atom stereocenters. The van der Waals surface area contributed by atoms with E-state index >= 15 is 0 Å². The number of esters is 3. The molecule has 0 aromatic carbocycles.